The van der Waals surface area contributed by atoms with Crippen LogP contribution in [0.2, 0.25) is 0 Å². The summed E-state index contributed by atoms with van der Waals surface area (Å²) in [6, 6.07) is 1.14. The average molecular weight is 349 g/mol. The van der Waals surface area contributed by atoms with Crippen LogP contribution in [0.1, 0.15) is 35.9 Å². The molecule has 0 saturated carbocycles. The van der Waals surface area contributed by atoms with Crippen molar-refractivity contribution in [3.8, 4) is 0 Å². The van der Waals surface area contributed by atoms with E-state index in [1.165, 1.54) is 7.05 Å². The molecule has 1 aromatic rings. The van der Waals surface area contributed by atoms with E-state index < -0.39 is 18.0 Å². The van der Waals surface area contributed by atoms with Crippen molar-refractivity contribution in [2.45, 2.75) is 36.9 Å². The Kier molecular flexibility index (Phi) is 4.73. The molecule has 2 aliphatic heterocycles. The Hall–Kier alpha value is -1.02. The minimum atomic E-state index is -4.38. The van der Waals surface area contributed by atoms with Crippen LogP contribution in [-0.4, -0.2) is 40.5 Å². The first-order chi connectivity index (χ1) is 10.8. The number of aryl methyl sites for hydroxylation is 1. The van der Waals surface area contributed by atoms with Gasteiger partial charge in [-0.15, -0.1) is 11.8 Å². The van der Waals surface area contributed by atoms with Crippen LogP contribution in [0.25, 0.3) is 0 Å². The number of likely N-dealkylation sites (tertiary alicyclic amines) is 1. The molecule has 0 N–H and O–H groups in total. The minimum Gasteiger partial charge on any atom is -0.298 e. The highest BCUT2D eigenvalue weighted by atomic mass is 32.2. The Balaban J connectivity index is 1.59. The van der Waals surface area contributed by atoms with E-state index in [1.807, 2.05) is 0 Å². The first-order valence-electron chi connectivity index (χ1n) is 7.66. The number of nitrogens with zero attached hydrogens (tertiary/aromatic N) is 3. The quantitative estimate of drug-likeness (QED) is 0.772. The lowest BCUT2D eigenvalue weighted by Crippen LogP contribution is -2.35. The summed E-state index contributed by atoms with van der Waals surface area (Å²) in [4.78, 5) is 3.35. The van der Waals surface area contributed by atoms with Crippen molar-refractivity contribution in [2.24, 2.45) is 7.05 Å². The smallest absolute Gasteiger partial charge is 0.298 e. The highest BCUT2D eigenvalue weighted by Gasteiger charge is 2.36. The van der Waals surface area contributed by atoms with Crippen molar-refractivity contribution in [3.05, 3.63) is 28.4 Å². The zero-order chi connectivity index (χ0) is 16.6. The Bertz CT molecular complexity index is 588. The number of aromatic nitrogens is 2. The van der Waals surface area contributed by atoms with Crippen molar-refractivity contribution in [1.82, 2.24) is 14.7 Å². The molecule has 0 aromatic carbocycles. The zero-order valence-electron chi connectivity index (χ0n) is 12.8. The summed E-state index contributed by atoms with van der Waals surface area (Å²) in [6.45, 7) is 2.24. The summed E-state index contributed by atoms with van der Waals surface area (Å²) >= 11 is 1.57. The molecule has 1 saturated heterocycles. The van der Waals surface area contributed by atoms with Gasteiger partial charge in [-0.25, -0.2) is 4.39 Å². The number of hydrogen-bond donors (Lipinski definition) is 0. The number of piperidine rings is 1. The molecule has 128 valence electrons. The number of alkyl halides is 4. The van der Waals surface area contributed by atoms with Gasteiger partial charge in [-0.05, 0) is 30.2 Å². The van der Waals surface area contributed by atoms with E-state index in [0.717, 1.165) is 35.3 Å². The number of allylic oxidation sites excluding steroid dienone is 1. The third-order valence-corrected chi connectivity index (χ3v) is 5.59. The Morgan fingerprint density at radius 3 is 2.61 bits per heavy atom. The van der Waals surface area contributed by atoms with Crippen molar-refractivity contribution < 1.29 is 17.6 Å². The normalized spacial score (nSPS) is 24.2. The van der Waals surface area contributed by atoms with Crippen LogP contribution >= 0.6 is 11.8 Å². The van der Waals surface area contributed by atoms with E-state index in [1.54, 1.807) is 11.8 Å². The first kappa shape index (κ1) is 16.8. The van der Waals surface area contributed by atoms with Gasteiger partial charge in [-0.1, -0.05) is 6.08 Å². The van der Waals surface area contributed by atoms with Crippen LogP contribution in [0, 0.1) is 0 Å². The molecule has 0 aliphatic carbocycles. The molecule has 3 heterocycles. The fourth-order valence-corrected chi connectivity index (χ4v) is 4.24. The van der Waals surface area contributed by atoms with Crippen LogP contribution in [0.15, 0.2) is 17.0 Å². The second-order valence-corrected chi connectivity index (χ2v) is 7.37. The SMILES string of the molecule is Cn1nc([C@H]2CC=C(CN3CCC(F)CC3)S2)cc1C(F)(F)F. The molecule has 2 aliphatic rings. The summed E-state index contributed by atoms with van der Waals surface area (Å²) in [5.74, 6) is 0. The Labute approximate surface area is 136 Å². The van der Waals surface area contributed by atoms with E-state index in [4.69, 9.17) is 0 Å². The summed E-state index contributed by atoms with van der Waals surface area (Å²) < 4.78 is 52.6. The van der Waals surface area contributed by atoms with E-state index in [-0.39, 0.29) is 5.25 Å². The van der Waals surface area contributed by atoms with Gasteiger partial charge in [0.2, 0.25) is 0 Å². The van der Waals surface area contributed by atoms with Gasteiger partial charge in [0.1, 0.15) is 11.9 Å². The topological polar surface area (TPSA) is 21.1 Å². The highest BCUT2D eigenvalue weighted by molar-refractivity contribution is 8.03. The fourth-order valence-electron chi connectivity index (χ4n) is 2.99. The van der Waals surface area contributed by atoms with Crippen molar-refractivity contribution in [1.29, 1.82) is 0 Å². The van der Waals surface area contributed by atoms with E-state index in [2.05, 4.69) is 16.1 Å². The van der Waals surface area contributed by atoms with Crippen molar-refractivity contribution in [3.63, 3.8) is 0 Å². The molecule has 0 spiro atoms. The molecule has 8 heteroatoms. The molecule has 3 nitrogen and oxygen atoms in total. The van der Waals surface area contributed by atoms with Gasteiger partial charge in [0, 0.05) is 26.7 Å². The molecular weight excluding hydrogens is 330 g/mol. The molecule has 23 heavy (non-hydrogen) atoms. The first-order valence-corrected chi connectivity index (χ1v) is 8.54. The van der Waals surface area contributed by atoms with E-state index >= 15 is 0 Å². The molecule has 3 rings (SSSR count). The van der Waals surface area contributed by atoms with E-state index in [9.17, 15) is 17.6 Å². The number of hydrogen-bond acceptors (Lipinski definition) is 3. The van der Waals surface area contributed by atoms with Crippen LogP contribution in [0.3, 0.4) is 0 Å². The summed E-state index contributed by atoms with van der Waals surface area (Å²) in [6.07, 6.45) is -1.19. The predicted octanol–water partition coefficient (Wildman–Crippen LogP) is 3.93. The maximum atomic E-state index is 13.1. The maximum Gasteiger partial charge on any atom is 0.433 e. The predicted molar refractivity (Wildman–Crippen MR) is 81.8 cm³/mol. The second kappa shape index (κ2) is 6.47. The van der Waals surface area contributed by atoms with Gasteiger partial charge >= 0.3 is 6.18 Å². The van der Waals surface area contributed by atoms with Gasteiger partial charge in [0.05, 0.1) is 10.9 Å². The largest absolute Gasteiger partial charge is 0.433 e. The maximum absolute atomic E-state index is 13.1. The molecule has 1 aromatic heterocycles. The monoisotopic (exact) mass is 349 g/mol. The lowest BCUT2D eigenvalue weighted by atomic mass is 10.1. The van der Waals surface area contributed by atoms with Crippen LogP contribution < -0.4 is 0 Å². The van der Waals surface area contributed by atoms with Crippen molar-refractivity contribution in [2.75, 3.05) is 19.6 Å². The summed E-state index contributed by atoms with van der Waals surface area (Å²) in [5.41, 5.74) is -0.245. The molecule has 0 radical (unpaired) electrons. The van der Waals surface area contributed by atoms with Gasteiger partial charge < -0.3 is 0 Å². The Morgan fingerprint density at radius 1 is 1.30 bits per heavy atom. The average Bonchev–Trinajstić information content (AvgIpc) is 3.07. The van der Waals surface area contributed by atoms with Crippen molar-refractivity contribution >= 4 is 11.8 Å². The number of rotatable bonds is 3. The molecule has 0 unspecified atom stereocenters. The van der Waals surface area contributed by atoms with Gasteiger partial charge in [0.15, 0.2) is 0 Å². The molecule has 0 bridgehead atoms. The fraction of sp³-hybridized carbons (Fsp3) is 0.667. The third kappa shape index (κ3) is 3.91. The highest BCUT2D eigenvalue weighted by Crippen LogP contribution is 2.44. The van der Waals surface area contributed by atoms with Crippen LogP contribution in [-0.2, 0) is 13.2 Å². The van der Waals surface area contributed by atoms with Gasteiger partial charge in [-0.2, -0.15) is 18.3 Å². The van der Waals surface area contributed by atoms with Crippen LogP contribution in [0.4, 0.5) is 17.6 Å². The Morgan fingerprint density at radius 2 is 2.00 bits per heavy atom. The molecule has 1 atom stereocenters. The van der Waals surface area contributed by atoms with Gasteiger partial charge in [-0.3, -0.25) is 9.58 Å². The third-order valence-electron chi connectivity index (χ3n) is 4.27. The zero-order valence-corrected chi connectivity index (χ0v) is 13.6. The summed E-state index contributed by atoms with van der Waals surface area (Å²) in [7, 11) is 1.32. The lowest BCUT2D eigenvalue weighted by molar-refractivity contribution is -0.143. The summed E-state index contributed by atoms with van der Waals surface area (Å²) in [5, 5.41) is 3.97. The minimum absolute atomic E-state index is 0.0639. The van der Waals surface area contributed by atoms with Gasteiger partial charge in [0.25, 0.3) is 0 Å². The number of halogens is 4. The standard InChI is InChI=1S/C15H19F4N3S/c1-21-14(15(17,18)19)8-12(20-21)13-3-2-11(23-13)9-22-6-4-10(16)5-7-22/h2,8,10,13H,3-7,9H2,1H3/t13-/m1/s1. The molecular formula is C15H19F4N3S. The molecule has 1 fully saturated rings. The van der Waals surface area contributed by atoms with Crippen LogP contribution in [0.5, 0.6) is 0 Å². The number of thioether (sulfide) groups is 1. The second-order valence-electron chi connectivity index (χ2n) is 6.04. The lowest BCUT2D eigenvalue weighted by Gasteiger charge is -2.28. The molecule has 0 amide bonds. The van der Waals surface area contributed by atoms with E-state index in [0.29, 0.717) is 25.0 Å².